The Kier molecular flexibility index (Phi) is 8.67. The summed E-state index contributed by atoms with van der Waals surface area (Å²) >= 11 is 6.50. The summed E-state index contributed by atoms with van der Waals surface area (Å²) < 4.78 is 0. The Morgan fingerprint density at radius 1 is 1.12 bits per heavy atom. The van der Waals surface area contributed by atoms with Gasteiger partial charge in [0.1, 0.15) is 0 Å². The van der Waals surface area contributed by atoms with Crippen molar-refractivity contribution in [3.63, 3.8) is 0 Å². The second kappa shape index (κ2) is 9.98. The molecule has 0 aliphatic heterocycles. The van der Waals surface area contributed by atoms with Gasteiger partial charge in [-0.15, -0.1) is 0 Å². The molecule has 0 aliphatic carbocycles. The van der Waals surface area contributed by atoms with E-state index in [2.05, 4.69) is 19.9 Å². The summed E-state index contributed by atoms with van der Waals surface area (Å²) in [6.45, 7) is 4.22. The second-order valence-corrected chi connectivity index (χ2v) is 7.51. The van der Waals surface area contributed by atoms with Gasteiger partial charge in [0.25, 0.3) is 0 Å². The van der Waals surface area contributed by atoms with E-state index in [1.165, 1.54) is 0 Å². The highest BCUT2D eigenvalue weighted by Gasteiger charge is 2.39. The maximum absolute atomic E-state index is 13.3. The lowest BCUT2D eigenvalue weighted by atomic mass is 9.82. The van der Waals surface area contributed by atoms with Gasteiger partial charge in [0, 0.05) is 36.8 Å². The second-order valence-electron chi connectivity index (χ2n) is 7.02. The Bertz CT molecular complexity index is 578. The first-order valence-corrected chi connectivity index (χ1v) is 9.50. The van der Waals surface area contributed by atoms with Crippen molar-refractivity contribution in [3.05, 3.63) is 40.9 Å². The molecule has 1 aromatic carbocycles. The Balaban J connectivity index is 3.11. The minimum absolute atomic E-state index is 0.132. The van der Waals surface area contributed by atoms with Gasteiger partial charge < -0.3 is 4.90 Å². The number of likely N-dealkylation sites (N-methyl/N-ethyl adjacent to an activating group) is 1. The van der Waals surface area contributed by atoms with Crippen molar-refractivity contribution in [3.8, 4) is 0 Å². The average Bonchev–Trinajstić information content (AvgIpc) is 2.59. The number of hydrogen-bond donors (Lipinski definition) is 0. The van der Waals surface area contributed by atoms with Crippen LogP contribution in [0.4, 0.5) is 5.69 Å². The molecule has 0 bridgehead atoms. The fourth-order valence-electron chi connectivity index (χ4n) is 3.04. The maximum atomic E-state index is 13.3. The lowest BCUT2D eigenvalue weighted by Crippen LogP contribution is -2.50. The molecular formula is C21H33ClN2O. The third-order valence-electron chi connectivity index (χ3n) is 4.89. The molecule has 0 aromatic heterocycles. The lowest BCUT2D eigenvalue weighted by molar-refractivity contribution is 0.0670. The Morgan fingerprint density at radius 2 is 1.72 bits per heavy atom. The van der Waals surface area contributed by atoms with Crippen LogP contribution in [0.2, 0.25) is 0 Å². The molecule has 1 rings (SSSR count). The summed E-state index contributed by atoms with van der Waals surface area (Å²) in [7, 11) is 7.92. The predicted molar refractivity (Wildman–Crippen MR) is 110 cm³/mol. The zero-order valence-corrected chi connectivity index (χ0v) is 17.4. The third-order valence-corrected chi connectivity index (χ3v) is 5.18. The van der Waals surface area contributed by atoms with E-state index < -0.39 is 5.54 Å². The van der Waals surface area contributed by atoms with E-state index in [1.54, 1.807) is 0 Å². The van der Waals surface area contributed by atoms with Crippen LogP contribution in [0, 0.1) is 0 Å². The van der Waals surface area contributed by atoms with Crippen molar-refractivity contribution in [2.75, 3.05) is 33.1 Å². The highest BCUT2D eigenvalue weighted by molar-refractivity contribution is 6.30. The van der Waals surface area contributed by atoms with Crippen LogP contribution in [0.5, 0.6) is 0 Å². The predicted octanol–water partition coefficient (Wildman–Crippen LogP) is 5.35. The van der Waals surface area contributed by atoms with Crippen molar-refractivity contribution < 1.29 is 4.79 Å². The molecule has 1 unspecified atom stereocenters. The van der Waals surface area contributed by atoms with Crippen molar-refractivity contribution >= 4 is 23.1 Å². The molecule has 0 fully saturated rings. The fraction of sp³-hybridized carbons (Fsp3) is 0.571. The van der Waals surface area contributed by atoms with Crippen LogP contribution < -0.4 is 4.90 Å². The number of halogens is 1. The van der Waals surface area contributed by atoms with Crippen LogP contribution in [-0.4, -0.2) is 44.4 Å². The highest BCUT2D eigenvalue weighted by atomic mass is 35.5. The smallest absolute Gasteiger partial charge is 0.183 e. The molecule has 4 heteroatoms. The van der Waals surface area contributed by atoms with Crippen LogP contribution >= 0.6 is 11.6 Å². The molecule has 0 amide bonds. The van der Waals surface area contributed by atoms with E-state index in [0.717, 1.165) is 35.5 Å². The molecule has 0 saturated heterocycles. The van der Waals surface area contributed by atoms with Gasteiger partial charge in [-0.05, 0) is 51.2 Å². The topological polar surface area (TPSA) is 23.6 Å². The minimum Gasteiger partial charge on any atom is -0.378 e. The standard InChI is InChI=1S/C21H33ClN2O/c1-7-9-10-11-18(22)16-21(8-2,24(5)6)20(25)17-12-14-19(15-13-17)23(3)4/h11-15H,7-10,16H2,1-6H3. The molecular weight excluding hydrogens is 332 g/mol. The van der Waals surface area contributed by atoms with E-state index in [9.17, 15) is 4.79 Å². The molecule has 0 spiro atoms. The Labute approximate surface area is 158 Å². The molecule has 140 valence electrons. The number of hydrogen-bond acceptors (Lipinski definition) is 3. The first-order valence-electron chi connectivity index (χ1n) is 9.12. The highest BCUT2D eigenvalue weighted by Crippen LogP contribution is 2.32. The van der Waals surface area contributed by atoms with Crippen LogP contribution in [0.3, 0.4) is 0 Å². The van der Waals surface area contributed by atoms with E-state index in [0.29, 0.717) is 12.8 Å². The zero-order chi connectivity index (χ0) is 19.0. The van der Waals surface area contributed by atoms with Gasteiger partial charge in [0.05, 0.1) is 5.54 Å². The first kappa shape index (κ1) is 21.7. The van der Waals surface area contributed by atoms with E-state index >= 15 is 0 Å². The van der Waals surface area contributed by atoms with Crippen molar-refractivity contribution in [2.45, 2.75) is 51.5 Å². The minimum atomic E-state index is -0.612. The molecule has 1 aromatic rings. The Morgan fingerprint density at radius 3 is 2.16 bits per heavy atom. The number of nitrogens with zero attached hydrogens (tertiary/aromatic N) is 2. The van der Waals surface area contributed by atoms with Crippen LogP contribution in [0.25, 0.3) is 0 Å². The normalized spacial score (nSPS) is 14.5. The number of allylic oxidation sites excluding steroid dienone is 1. The number of unbranched alkanes of at least 4 members (excludes halogenated alkanes) is 2. The maximum Gasteiger partial charge on any atom is 0.183 e. The first-order chi connectivity index (χ1) is 11.8. The van der Waals surface area contributed by atoms with Gasteiger partial charge in [-0.1, -0.05) is 44.4 Å². The molecule has 3 nitrogen and oxygen atoms in total. The molecule has 0 saturated carbocycles. The van der Waals surface area contributed by atoms with E-state index in [4.69, 9.17) is 11.6 Å². The van der Waals surface area contributed by atoms with Crippen molar-refractivity contribution in [1.29, 1.82) is 0 Å². The summed E-state index contributed by atoms with van der Waals surface area (Å²) in [5.41, 5.74) is 1.21. The zero-order valence-electron chi connectivity index (χ0n) is 16.6. The largest absolute Gasteiger partial charge is 0.378 e. The number of Topliss-reactive ketones (excluding diaryl/α,β-unsaturated/α-hetero) is 1. The number of anilines is 1. The van der Waals surface area contributed by atoms with Gasteiger partial charge in [-0.3, -0.25) is 9.69 Å². The molecule has 0 heterocycles. The van der Waals surface area contributed by atoms with Crippen LogP contribution in [0.1, 0.15) is 56.3 Å². The Hall–Kier alpha value is -1.32. The number of ketones is 1. The number of carbonyl (C=O) groups excluding carboxylic acids is 1. The van der Waals surface area contributed by atoms with Gasteiger partial charge in [0.15, 0.2) is 5.78 Å². The number of rotatable bonds is 10. The lowest BCUT2D eigenvalue weighted by Gasteiger charge is -2.38. The fourth-order valence-corrected chi connectivity index (χ4v) is 3.37. The quantitative estimate of drug-likeness (QED) is 0.413. The van der Waals surface area contributed by atoms with Gasteiger partial charge in [0.2, 0.25) is 0 Å². The van der Waals surface area contributed by atoms with Gasteiger partial charge in [-0.2, -0.15) is 0 Å². The summed E-state index contributed by atoms with van der Waals surface area (Å²) in [4.78, 5) is 17.4. The van der Waals surface area contributed by atoms with Crippen LogP contribution in [0.15, 0.2) is 35.4 Å². The summed E-state index contributed by atoms with van der Waals surface area (Å²) in [6, 6.07) is 7.81. The van der Waals surface area contributed by atoms with Crippen LogP contribution in [-0.2, 0) is 0 Å². The number of benzene rings is 1. The average molecular weight is 365 g/mol. The number of carbonyl (C=O) groups is 1. The molecule has 1 atom stereocenters. The molecule has 0 aliphatic rings. The van der Waals surface area contributed by atoms with Crippen molar-refractivity contribution in [1.82, 2.24) is 4.90 Å². The molecule has 0 radical (unpaired) electrons. The van der Waals surface area contributed by atoms with E-state index in [1.807, 2.05) is 62.3 Å². The molecule has 0 N–H and O–H groups in total. The SMILES string of the molecule is CCCCC=C(Cl)CC(CC)(C(=O)c1ccc(N(C)C)cc1)N(C)C. The van der Waals surface area contributed by atoms with Gasteiger partial charge >= 0.3 is 0 Å². The van der Waals surface area contributed by atoms with E-state index in [-0.39, 0.29) is 5.78 Å². The summed E-state index contributed by atoms with van der Waals surface area (Å²) in [6.07, 6.45) is 6.57. The monoisotopic (exact) mass is 364 g/mol. The molecule has 25 heavy (non-hydrogen) atoms. The summed E-state index contributed by atoms with van der Waals surface area (Å²) in [5, 5.41) is 0.780. The third kappa shape index (κ3) is 5.58. The van der Waals surface area contributed by atoms with Crippen molar-refractivity contribution in [2.24, 2.45) is 0 Å². The van der Waals surface area contributed by atoms with Gasteiger partial charge in [-0.25, -0.2) is 0 Å². The summed E-state index contributed by atoms with van der Waals surface area (Å²) in [5.74, 6) is 0.132.